The van der Waals surface area contributed by atoms with Crippen molar-refractivity contribution < 1.29 is 17.9 Å². The van der Waals surface area contributed by atoms with E-state index in [1.54, 1.807) is 5.38 Å². The highest BCUT2D eigenvalue weighted by Gasteiger charge is 2.24. The van der Waals surface area contributed by atoms with Crippen LogP contribution in [-0.4, -0.2) is 65.7 Å². The van der Waals surface area contributed by atoms with E-state index in [4.69, 9.17) is 0 Å². The third-order valence-electron chi connectivity index (χ3n) is 3.22. The summed E-state index contributed by atoms with van der Waals surface area (Å²) in [5.74, 6) is -0.632. The van der Waals surface area contributed by atoms with Crippen LogP contribution in [0.3, 0.4) is 0 Å². The number of methoxy groups -OCH3 is 1. The first kappa shape index (κ1) is 16.4. The molecule has 0 spiro atoms. The van der Waals surface area contributed by atoms with Gasteiger partial charge in [0, 0.05) is 39.3 Å². The Morgan fingerprint density at radius 3 is 2.86 bits per heavy atom. The number of rotatable bonds is 6. The Kier molecular flexibility index (Phi) is 5.71. The molecular formula is C12H19N3O4S2. The van der Waals surface area contributed by atoms with Gasteiger partial charge in [0.1, 0.15) is 9.77 Å². The number of piperazine rings is 1. The number of nitrogens with one attached hydrogen (secondary N) is 2. The van der Waals surface area contributed by atoms with E-state index in [0.29, 0.717) is 13.1 Å². The van der Waals surface area contributed by atoms with Crippen molar-refractivity contribution in [3.63, 3.8) is 0 Å². The van der Waals surface area contributed by atoms with Gasteiger partial charge in [0.15, 0.2) is 0 Å². The van der Waals surface area contributed by atoms with Crippen LogP contribution in [0.5, 0.6) is 0 Å². The van der Waals surface area contributed by atoms with Gasteiger partial charge in [-0.2, -0.15) is 0 Å². The average molecular weight is 333 g/mol. The van der Waals surface area contributed by atoms with Crippen LogP contribution in [0.2, 0.25) is 0 Å². The first-order valence-corrected chi connectivity index (χ1v) is 8.99. The molecule has 1 aliphatic heterocycles. The second kappa shape index (κ2) is 7.32. The van der Waals surface area contributed by atoms with Gasteiger partial charge in [0.05, 0.1) is 7.11 Å². The number of hydrogen-bond donors (Lipinski definition) is 2. The first-order valence-electron chi connectivity index (χ1n) is 6.63. The molecule has 1 aromatic heterocycles. The highest BCUT2D eigenvalue weighted by Crippen LogP contribution is 2.22. The number of thiophene rings is 1. The number of carbonyl (C=O) groups is 1. The van der Waals surface area contributed by atoms with Crippen LogP contribution in [0.4, 0.5) is 0 Å². The Hall–Kier alpha value is -1.00. The van der Waals surface area contributed by atoms with Gasteiger partial charge < -0.3 is 10.1 Å². The van der Waals surface area contributed by atoms with Gasteiger partial charge in [0.25, 0.3) is 0 Å². The summed E-state index contributed by atoms with van der Waals surface area (Å²) in [5.41, 5.74) is 0. The predicted molar refractivity (Wildman–Crippen MR) is 80.2 cm³/mol. The molecule has 2 heterocycles. The van der Waals surface area contributed by atoms with Crippen molar-refractivity contribution >= 4 is 27.3 Å². The molecule has 0 bridgehead atoms. The third kappa shape index (κ3) is 4.24. The lowest BCUT2D eigenvalue weighted by atomic mass is 10.3. The van der Waals surface area contributed by atoms with E-state index in [9.17, 15) is 13.2 Å². The van der Waals surface area contributed by atoms with E-state index in [0.717, 1.165) is 37.5 Å². The maximum Gasteiger partial charge on any atom is 0.349 e. The van der Waals surface area contributed by atoms with Gasteiger partial charge in [-0.25, -0.2) is 17.9 Å². The summed E-state index contributed by atoms with van der Waals surface area (Å²) in [6.07, 6.45) is 0. The molecule has 21 heavy (non-hydrogen) atoms. The molecule has 0 atom stereocenters. The van der Waals surface area contributed by atoms with E-state index >= 15 is 0 Å². The van der Waals surface area contributed by atoms with Crippen molar-refractivity contribution in [2.24, 2.45) is 0 Å². The monoisotopic (exact) mass is 333 g/mol. The van der Waals surface area contributed by atoms with Crippen molar-refractivity contribution in [1.82, 2.24) is 14.9 Å². The average Bonchev–Trinajstić information content (AvgIpc) is 2.98. The summed E-state index contributed by atoms with van der Waals surface area (Å²) in [6, 6.07) is 1.42. The largest absolute Gasteiger partial charge is 0.465 e. The summed E-state index contributed by atoms with van der Waals surface area (Å²) in [7, 11) is -2.45. The Morgan fingerprint density at radius 2 is 2.19 bits per heavy atom. The zero-order valence-corrected chi connectivity index (χ0v) is 13.4. The summed E-state index contributed by atoms with van der Waals surface area (Å²) < 4.78 is 31.6. The predicted octanol–water partition coefficient (Wildman–Crippen LogP) is -0.282. The van der Waals surface area contributed by atoms with Gasteiger partial charge >= 0.3 is 5.97 Å². The highest BCUT2D eigenvalue weighted by molar-refractivity contribution is 7.89. The van der Waals surface area contributed by atoms with Crippen molar-refractivity contribution in [2.75, 3.05) is 46.4 Å². The van der Waals surface area contributed by atoms with Gasteiger partial charge in [-0.05, 0) is 11.4 Å². The van der Waals surface area contributed by atoms with Crippen molar-refractivity contribution in [3.05, 3.63) is 16.3 Å². The fraction of sp³-hybridized carbons (Fsp3) is 0.583. The normalized spacial score (nSPS) is 16.8. The summed E-state index contributed by atoms with van der Waals surface area (Å²) >= 11 is 1.06. The molecule has 1 fully saturated rings. The zero-order chi connectivity index (χ0) is 15.3. The SMILES string of the molecule is COC(=O)c1sccc1S(=O)(=O)NCCN1CCNCC1. The fourth-order valence-corrected chi connectivity index (χ4v) is 4.45. The Bertz CT molecular complexity index is 579. The standard InChI is InChI=1S/C12H19N3O4S2/c1-19-12(16)11-10(2-9-20-11)21(17,18)14-5-8-15-6-3-13-4-7-15/h2,9,13-14H,3-8H2,1H3. The van der Waals surface area contributed by atoms with Gasteiger partial charge in [-0.3, -0.25) is 4.90 Å². The van der Waals surface area contributed by atoms with Crippen LogP contribution in [0.1, 0.15) is 9.67 Å². The van der Waals surface area contributed by atoms with Crippen LogP contribution in [0.15, 0.2) is 16.3 Å². The minimum absolute atomic E-state index is 0.0142. The minimum atomic E-state index is -3.69. The summed E-state index contributed by atoms with van der Waals surface area (Å²) in [4.78, 5) is 13.8. The van der Waals surface area contributed by atoms with E-state index in [2.05, 4.69) is 19.7 Å². The maximum atomic E-state index is 12.2. The van der Waals surface area contributed by atoms with E-state index in [-0.39, 0.29) is 9.77 Å². The number of ether oxygens (including phenoxy) is 1. The van der Waals surface area contributed by atoms with Gasteiger partial charge in [-0.15, -0.1) is 11.3 Å². The number of carbonyl (C=O) groups excluding carboxylic acids is 1. The lowest BCUT2D eigenvalue weighted by Crippen LogP contribution is -2.46. The molecule has 1 aliphatic rings. The molecule has 2 rings (SSSR count). The van der Waals surface area contributed by atoms with Crippen molar-refractivity contribution in [2.45, 2.75) is 4.90 Å². The Morgan fingerprint density at radius 1 is 1.48 bits per heavy atom. The Labute approximate surface area is 128 Å². The number of nitrogens with zero attached hydrogens (tertiary/aromatic N) is 1. The molecule has 1 aromatic rings. The van der Waals surface area contributed by atoms with Crippen LogP contribution >= 0.6 is 11.3 Å². The van der Waals surface area contributed by atoms with Gasteiger partial charge in [-0.1, -0.05) is 0 Å². The molecule has 0 amide bonds. The van der Waals surface area contributed by atoms with Crippen LogP contribution in [0.25, 0.3) is 0 Å². The molecule has 2 N–H and O–H groups in total. The zero-order valence-electron chi connectivity index (χ0n) is 11.8. The van der Waals surface area contributed by atoms with E-state index < -0.39 is 16.0 Å². The number of hydrogen-bond acceptors (Lipinski definition) is 7. The molecule has 1 saturated heterocycles. The van der Waals surface area contributed by atoms with E-state index in [1.165, 1.54) is 13.2 Å². The maximum absolute atomic E-state index is 12.2. The molecule has 0 saturated carbocycles. The molecule has 118 valence electrons. The molecular weight excluding hydrogens is 314 g/mol. The van der Waals surface area contributed by atoms with Gasteiger partial charge in [0.2, 0.25) is 10.0 Å². The third-order valence-corrected chi connectivity index (χ3v) is 5.75. The van der Waals surface area contributed by atoms with Crippen LogP contribution in [0, 0.1) is 0 Å². The highest BCUT2D eigenvalue weighted by atomic mass is 32.2. The topological polar surface area (TPSA) is 87.7 Å². The molecule has 9 heteroatoms. The summed E-state index contributed by atoms with van der Waals surface area (Å²) in [5, 5.41) is 4.81. The quantitative estimate of drug-likeness (QED) is 0.696. The molecule has 0 radical (unpaired) electrons. The first-order chi connectivity index (χ1) is 10.0. The second-order valence-electron chi connectivity index (χ2n) is 4.59. The summed E-state index contributed by atoms with van der Waals surface area (Å²) in [6.45, 7) is 4.63. The fourth-order valence-electron chi connectivity index (χ4n) is 2.10. The molecule has 0 unspecified atom stereocenters. The van der Waals surface area contributed by atoms with Crippen molar-refractivity contribution in [1.29, 1.82) is 0 Å². The second-order valence-corrected chi connectivity index (χ2v) is 7.25. The number of esters is 1. The van der Waals surface area contributed by atoms with E-state index in [1.807, 2.05) is 0 Å². The van der Waals surface area contributed by atoms with Crippen molar-refractivity contribution in [3.8, 4) is 0 Å². The minimum Gasteiger partial charge on any atom is -0.465 e. The molecule has 7 nitrogen and oxygen atoms in total. The molecule has 0 aromatic carbocycles. The lowest BCUT2D eigenvalue weighted by Gasteiger charge is -2.27. The number of sulfonamides is 1. The van der Waals surface area contributed by atoms with Crippen LogP contribution < -0.4 is 10.0 Å². The smallest absolute Gasteiger partial charge is 0.349 e. The Balaban J connectivity index is 1.95. The lowest BCUT2D eigenvalue weighted by molar-refractivity contribution is 0.0602. The molecule has 0 aliphatic carbocycles. The van der Waals surface area contributed by atoms with Crippen LogP contribution in [-0.2, 0) is 14.8 Å².